The first-order valence-electron chi connectivity index (χ1n) is 26.4. The Hall–Kier alpha value is -8.08. The molecular weight excluding hydrogens is 1090 g/mol. The lowest BCUT2D eigenvalue weighted by Gasteiger charge is -2.45. The first-order valence-corrected chi connectivity index (χ1v) is 27.1. The van der Waals surface area contributed by atoms with Gasteiger partial charge in [-0.25, -0.2) is 22.8 Å². The molecule has 6 atom stereocenters. The molecule has 0 unspecified atom stereocenters. The summed E-state index contributed by atoms with van der Waals surface area (Å²) in [6.45, 7) is 16.1. The van der Waals surface area contributed by atoms with Crippen LogP contribution < -0.4 is 30.7 Å². The van der Waals surface area contributed by atoms with E-state index in [1.807, 2.05) is 37.5 Å². The second kappa shape index (κ2) is 21.4. The molecule has 4 aliphatic heterocycles. The number of carbonyl (C=O) groups excluding carboxylic acids is 2. The van der Waals surface area contributed by atoms with E-state index in [2.05, 4.69) is 28.3 Å². The quantitative estimate of drug-likeness (QED) is 0.0850. The van der Waals surface area contributed by atoms with Crippen LogP contribution in [0.1, 0.15) is 52.3 Å². The van der Waals surface area contributed by atoms with Crippen molar-refractivity contribution >= 4 is 79.7 Å². The Balaban J connectivity index is 0.881. The molecule has 0 aliphatic carbocycles. The highest BCUT2D eigenvalue weighted by Crippen LogP contribution is 2.51. The maximum atomic E-state index is 15.8. The number of piperazine rings is 2. The Morgan fingerprint density at radius 3 is 2.15 bits per heavy atom. The molecule has 19 nitrogen and oxygen atoms in total. The number of halogens is 5. The molecule has 2 fully saturated rings. The normalized spacial score (nSPS) is 20.6. The number of benzene rings is 4. The van der Waals surface area contributed by atoms with Crippen LogP contribution in [0.25, 0.3) is 49.6 Å². The minimum atomic E-state index is -0.880. The number of ether oxygens (including phenoxy) is 2. The van der Waals surface area contributed by atoms with E-state index in [0.29, 0.717) is 42.2 Å². The third kappa shape index (κ3) is 9.45. The second-order valence-electron chi connectivity index (χ2n) is 21.0. The number of nitrogens with zero attached hydrogens (tertiary/aromatic N) is 11. The van der Waals surface area contributed by atoms with E-state index in [1.165, 1.54) is 33.4 Å². The number of hydrogen-bond acceptors (Lipinski definition) is 14. The van der Waals surface area contributed by atoms with Crippen molar-refractivity contribution in [1.82, 2.24) is 38.7 Å². The summed E-state index contributed by atoms with van der Waals surface area (Å²) in [6, 6.07) is 9.41. The van der Waals surface area contributed by atoms with E-state index in [0.717, 1.165) is 18.2 Å². The smallest absolute Gasteiger partial charge is 0.350 e. The predicted octanol–water partition coefficient (Wildman–Crippen LogP) is 8.68. The zero-order valence-corrected chi connectivity index (χ0v) is 45.9. The summed E-state index contributed by atoms with van der Waals surface area (Å²) in [4.78, 5) is 84.5. The topological polar surface area (TPSA) is 203 Å². The molecule has 4 aliphatic rings. The Bertz CT molecular complexity index is 3930. The third-order valence-corrected chi connectivity index (χ3v) is 16.4. The Morgan fingerprint density at radius 1 is 0.802 bits per heavy atom. The summed E-state index contributed by atoms with van der Waals surface area (Å²) in [5, 5.41) is 18.4. The summed E-state index contributed by atoms with van der Waals surface area (Å²) in [7, 11) is 0. The third-order valence-electron chi connectivity index (χ3n) is 15.8. The molecule has 0 saturated carbocycles. The van der Waals surface area contributed by atoms with Gasteiger partial charge in [-0.1, -0.05) is 42.4 Å². The van der Waals surface area contributed by atoms with Crippen LogP contribution in [0, 0.1) is 22.4 Å². The number of rotatable bonds is 13. The molecule has 0 radical (unpaired) electrons. The SMILES string of the molecule is C=CC(=O)N1C[C@H](C)N(c2nc(=O)n3c4c(c(-c5c(F)cccc5N=O)c(Cl)cc24)OC[C@H]3Cn2ccc(C(=C)C(=O)N3C[C@H](C)N(c4nc(=O)n5c6c(c(-c7ccc(F)cc7F)c(Cl)cc46)O[C@@H](CCCO)C5)C[C@H]3C)n2)C[C@H]1C. The van der Waals surface area contributed by atoms with E-state index in [-0.39, 0.29) is 135 Å². The van der Waals surface area contributed by atoms with Crippen molar-refractivity contribution in [2.24, 2.45) is 5.18 Å². The highest BCUT2D eigenvalue weighted by Gasteiger charge is 2.40. The summed E-state index contributed by atoms with van der Waals surface area (Å²) >= 11 is 14.0. The van der Waals surface area contributed by atoms with Crippen LogP contribution in [-0.2, 0) is 22.7 Å². The number of aliphatic hydroxyl groups is 1. The predicted molar refractivity (Wildman–Crippen MR) is 301 cm³/mol. The van der Waals surface area contributed by atoms with Crippen LogP contribution in [0.15, 0.2) is 94.8 Å². The van der Waals surface area contributed by atoms with Gasteiger partial charge in [0.05, 0.1) is 57.0 Å². The van der Waals surface area contributed by atoms with Gasteiger partial charge in [0.2, 0.25) is 5.91 Å². The molecule has 3 aromatic heterocycles. The van der Waals surface area contributed by atoms with Crippen LogP contribution in [0.5, 0.6) is 11.5 Å². The van der Waals surface area contributed by atoms with Gasteiger partial charge < -0.3 is 34.2 Å². The molecule has 2 amide bonds. The van der Waals surface area contributed by atoms with E-state index >= 15 is 8.78 Å². The summed E-state index contributed by atoms with van der Waals surface area (Å²) in [5.41, 5.74) is -0.694. The van der Waals surface area contributed by atoms with Crippen molar-refractivity contribution in [3.8, 4) is 33.8 Å². The van der Waals surface area contributed by atoms with Gasteiger partial charge in [-0.05, 0) is 94.3 Å². The number of carbonyl (C=O) groups is 2. The molecule has 4 aromatic carbocycles. The molecule has 2 saturated heterocycles. The Morgan fingerprint density at radius 2 is 1.47 bits per heavy atom. The van der Waals surface area contributed by atoms with Crippen LogP contribution in [0.3, 0.4) is 0 Å². The zero-order valence-electron chi connectivity index (χ0n) is 44.4. The van der Waals surface area contributed by atoms with Crippen LogP contribution in [0.2, 0.25) is 10.0 Å². The van der Waals surface area contributed by atoms with Gasteiger partial charge >= 0.3 is 11.4 Å². The average Bonchev–Trinajstić information content (AvgIpc) is 3.99. The Kier molecular flexibility index (Phi) is 14.5. The van der Waals surface area contributed by atoms with Crippen LogP contribution in [0.4, 0.5) is 30.5 Å². The highest BCUT2D eigenvalue weighted by atomic mass is 35.5. The lowest BCUT2D eigenvalue weighted by atomic mass is 9.98. The van der Waals surface area contributed by atoms with Gasteiger partial charge in [-0.2, -0.15) is 15.1 Å². The number of aliphatic hydroxyl groups excluding tert-OH is 1. The van der Waals surface area contributed by atoms with Crippen LogP contribution >= 0.6 is 23.2 Å². The first kappa shape index (κ1) is 54.9. The monoisotopic (exact) mass is 1150 g/mol. The Labute approximate surface area is 471 Å². The molecule has 0 bridgehead atoms. The number of anilines is 2. The largest absolute Gasteiger partial charge is 0.488 e. The summed E-state index contributed by atoms with van der Waals surface area (Å²) in [5.74, 6) is -2.40. The minimum Gasteiger partial charge on any atom is -0.488 e. The second-order valence-corrected chi connectivity index (χ2v) is 21.8. The molecule has 24 heteroatoms. The van der Waals surface area contributed by atoms with E-state index in [1.54, 1.807) is 38.9 Å². The molecule has 11 rings (SSSR count). The molecule has 420 valence electrons. The summed E-state index contributed by atoms with van der Waals surface area (Å²) in [6.07, 6.45) is 3.03. The fourth-order valence-electron chi connectivity index (χ4n) is 11.8. The van der Waals surface area contributed by atoms with E-state index in [4.69, 9.17) is 37.8 Å². The van der Waals surface area contributed by atoms with Crippen molar-refractivity contribution in [2.45, 2.75) is 89.9 Å². The molecule has 7 aromatic rings. The fraction of sp³-hybridized carbons (Fsp3) is 0.351. The highest BCUT2D eigenvalue weighted by molar-refractivity contribution is 6.36. The maximum absolute atomic E-state index is 15.8. The van der Waals surface area contributed by atoms with Gasteiger partial charge in [0, 0.05) is 96.7 Å². The van der Waals surface area contributed by atoms with Gasteiger partial charge in [-0.15, -0.1) is 4.91 Å². The standard InChI is InChI=1S/C57H54Cl2F3N11O8/c1-7-45(75)68-21-29(3)69(22-28(68)2)54-38-20-40(59)47(48-41(61)11-8-12-44(48)66-79)51-50(38)73(57(78)64-54)34(27-80-51)25-67-16-15-43(65-67)32(6)55(76)71-24-30(4)70(23-31(71)5)53-37-19-39(58)46(36-14-13-33(60)18-42(36)62)52-49(37)72(56(77)63-53)26-35(81-52)10-9-17-74/h7-8,11-16,18-20,28-31,34-35,74H,1,6,9-10,17,21-27H2,2-5H3/t28-,29+,30+,31-,34-,35+/m1/s1. The molecule has 7 heterocycles. The lowest BCUT2D eigenvalue weighted by molar-refractivity contribution is -0.129. The van der Waals surface area contributed by atoms with Crippen LogP contribution in [-0.4, -0.2) is 125 Å². The van der Waals surface area contributed by atoms with Gasteiger partial charge in [0.15, 0.2) is 11.5 Å². The van der Waals surface area contributed by atoms with Crippen molar-refractivity contribution < 1.29 is 37.3 Å². The van der Waals surface area contributed by atoms with Crippen molar-refractivity contribution in [3.05, 3.63) is 139 Å². The summed E-state index contributed by atoms with van der Waals surface area (Å²) < 4.78 is 62.9. The minimum absolute atomic E-state index is 0.00982. The zero-order chi connectivity index (χ0) is 57.5. The van der Waals surface area contributed by atoms with E-state index in [9.17, 15) is 33.6 Å². The molecule has 81 heavy (non-hydrogen) atoms. The first-order chi connectivity index (χ1) is 38.8. The average molecular weight is 1150 g/mol. The van der Waals surface area contributed by atoms with Crippen molar-refractivity contribution in [3.63, 3.8) is 0 Å². The van der Waals surface area contributed by atoms with Gasteiger partial charge in [0.1, 0.15) is 47.5 Å². The fourth-order valence-corrected chi connectivity index (χ4v) is 12.4. The van der Waals surface area contributed by atoms with Crippen molar-refractivity contribution in [2.75, 3.05) is 49.2 Å². The molecular formula is C57H54Cl2F3N11O8. The lowest BCUT2D eigenvalue weighted by Crippen LogP contribution is -2.58. The van der Waals surface area contributed by atoms with E-state index < -0.39 is 59.0 Å². The number of amides is 2. The van der Waals surface area contributed by atoms with Gasteiger partial charge in [0.25, 0.3) is 5.91 Å². The molecule has 0 spiro atoms. The number of nitroso groups, excluding NO2 is 1. The van der Waals surface area contributed by atoms with Crippen molar-refractivity contribution in [1.29, 1.82) is 0 Å². The molecule has 1 N–H and O–H groups in total. The number of hydrogen-bond donors (Lipinski definition) is 1. The van der Waals surface area contributed by atoms with Gasteiger partial charge in [-0.3, -0.25) is 23.4 Å². The number of aromatic nitrogens is 6. The maximum Gasteiger partial charge on any atom is 0.350 e.